The minimum Gasteiger partial charge on any atom is -0.363 e. The van der Waals surface area contributed by atoms with Crippen molar-refractivity contribution in [1.82, 2.24) is 0 Å². The van der Waals surface area contributed by atoms with Crippen molar-refractivity contribution in [3.05, 3.63) is 28.7 Å². The molecule has 2 aliphatic heterocycles. The lowest BCUT2D eigenvalue weighted by Crippen LogP contribution is -2.32. The van der Waals surface area contributed by atoms with Gasteiger partial charge in [-0.3, -0.25) is 0 Å². The van der Waals surface area contributed by atoms with Crippen LogP contribution in [-0.2, 0) is 16.1 Å². The van der Waals surface area contributed by atoms with Crippen LogP contribution >= 0.6 is 11.3 Å². The monoisotopic (exact) mass is 383 g/mol. The van der Waals surface area contributed by atoms with Crippen LogP contribution in [0.3, 0.4) is 0 Å². The topological polar surface area (TPSA) is 65.7 Å². The zero-order chi connectivity index (χ0) is 18.7. The largest absolute Gasteiger partial charge is 0.437 e. The van der Waals surface area contributed by atoms with Crippen molar-refractivity contribution in [3.63, 3.8) is 0 Å². The van der Waals surface area contributed by atoms with E-state index in [1.807, 2.05) is 12.1 Å². The zero-order valence-electron chi connectivity index (χ0n) is 13.8. The highest BCUT2D eigenvalue weighted by Crippen LogP contribution is 2.31. The third-order valence-electron chi connectivity index (χ3n) is 4.34. The maximum Gasteiger partial charge on any atom is 0.437 e. The average Bonchev–Trinajstić information content (AvgIpc) is 3.22. The maximum absolute atomic E-state index is 12.8. The molecule has 1 fully saturated rings. The SMILES string of the molecule is N#CC1CCN(c2ccc(CC/C=C3\C(=O)ON=C3C(F)(F)F)s2)CC1. The van der Waals surface area contributed by atoms with Crippen molar-refractivity contribution in [2.45, 2.75) is 31.9 Å². The number of rotatable bonds is 4. The van der Waals surface area contributed by atoms with Crippen molar-refractivity contribution in [2.24, 2.45) is 11.1 Å². The number of hydrogen-bond acceptors (Lipinski definition) is 6. The summed E-state index contributed by atoms with van der Waals surface area (Å²) in [7, 11) is 0. The van der Waals surface area contributed by atoms with E-state index >= 15 is 0 Å². The van der Waals surface area contributed by atoms with Crippen molar-refractivity contribution in [3.8, 4) is 6.07 Å². The molecule has 0 spiro atoms. The van der Waals surface area contributed by atoms with Gasteiger partial charge in [-0.2, -0.15) is 18.4 Å². The normalized spacial score (nSPS) is 20.2. The third kappa shape index (κ3) is 4.07. The first-order chi connectivity index (χ1) is 12.4. The fourth-order valence-corrected chi connectivity index (χ4v) is 4.00. The molecule has 0 saturated carbocycles. The molecule has 0 aliphatic carbocycles. The minimum atomic E-state index is -4.70. The fraction of sp³-hybridized carbons (Fsp3) is 0.471. The van der Waals surface area contributed by atoms with E-state index in [9.17, 15) is 18.0 Å². The Morgan fingerprint density at radius 2 is 2.12 bits per heavy atom. The predicted molar refractivity (Wildman–Crippen MR) is 90.9 cm³/mol. The number of piperidine rings is 1. The predicted octanol–water partition coefficient (Wildman–Crippen LogP) is 3.82. The molecular weight excluding hydrogens is 367 g/mol. The summed E-state index contributed by atoms with van der Waals surface area (Å²) in [5.41, 5.74) is -1.79. The first kappa shape index (κ1) is 18.5. The van der Waals surface area contributed by atoms with Crippen molar-refractivity contribution >= 4 is 28.0 Å². The molecule has 1 aromatic rings. The maximum atomic E-state index is 12.8. The smallest absolute Gasteiger partial charge is 0.363 e. The van der Waals surface area contributed by atoms with Gasteiger partial charge < -0.3 is 9.74 Å². The molecule has 0 bridgehead atoms. The summed E-state index contributed by atoms with van der Waals surface area (Å²) in [4.78, 5) is 18.8. The van der Waals surface area contributed by atoms with Gasteiger partial charge in [-0.15, -0.1) is 11.3 Å². The van der Waals surface area contributed by atoms with Crippen LogP contribution in [-0.4, -0.2) is 30.9 Å². The van der Waals surface area contributed by atoms with Gasteiger partial charge in [-0.1, -0.05) is 11.2 Å². The van der Waals surface area contributed by atoms with Crippen molar-refractivity contribution in [1.29, 1.82) is 5.26 Å². The average molecular weight is 383 g/mol. The Balaban J connectivity index is 1.58. The second-order valence-electron chi connectivity index (χ2n) is 6.10. The molecule has 0 amide bonds. The molecule has 26 heavy (non-hydrogen) atoms. The Morgan fingerprint density at radius 1 is 1.38 bits per heavy atom. The molecule has 0 radical (unpaired) electrons. The Kier molecular flexibility index (Phi) is 5.32. The van der Waals surface area contributed by atoms with Gasteiger partial charge >= 0.3 is 12.1 Å². The number of oxime groups is 1. The van der Waals surface area contributed by atoms with Crippen LogP contribution in [0.1, 0.15) is 24.1 Å². The quantitative estimate of drug-likeness (QED) is 0.586. The van der Waals surface area contributed by atoms with Crippen LogP contribution in [0.15, 0.2) is 28.9 Å². The summed E-state index contributed by atoms with van der Waals surface area (Å²) >= 11 is 1.58. The molecule has 5 nitrogen and oxygen atoms in total. The van der Waals surface area contributed by atoms with Gasteiger partial charge in [0.05, 0.1) is 16.6 Å². The summed E-state index contributed by atoms with van der Waals surface area (Å²) in [6.07, 6.45) is -0.963. The molecule has 0 aromatic carbocycles. The number of allylic oxidation sites excluding steroid dienone is 1. The first-order valence-electron chi connectivity index (χ1n) is 8.19. The number of hydrogen-bond donors (Lipinski definition) is 0. The molecule has 2 aliphatic rings. The van der Waals surface area contributed by atoms with Gasteiger partial charge in [0.15, 0.2) is 5.71 Å². The van der Waals surface area contributed by atoms with E-state index in [4.69, 9.17) is 5.26 Å². The summed E-state index contributed by atoms with van der Waals surface area (Å²) in [5.74, 6) is -0.947. The second kappa shape index (κ2) is 7.50. The molecule has 0 unspecified atom stereocenters. The molecule has 1 aromatic heterocycles. The molecular formula is C17H16F3N3O2S. The van der Waals surface area contributed by atoms with E-state index in [1.165, 1.54) is 6.08 Å². The zero-order valence-corrected chi connectivity index (χ0v) is 14.6. The first-order valence-corrected chi connectivity index (χ1v) is 9.00. The molecule has 138 valence electrons. The van der Waals surface area contributed by atoms with Gasteiger partial charge in [0.1, 0.15) is 0 Å². The number of nitriles is 1. The lowest BCUT2D eigenvalue weighted by atomic mass is 9.99. The summed E-state index contributed by atoms with van der Waals surface area (Å²) in [5, 5.41) is 12.9. The Labute approximate surface area is 152 Å². The third-order valence-corrected chi connectivity index (χ3v) is 5.55. The van der Waals surface area contributed by atoms with Crippen LogP contribution < -0.4 is 4.90 Å². The molecule has 3 rings (SSSR count). The number of alkyl halides is 3. The Bertz CT molecular complexity index is 784. The Hall–Kier alpha value is -2.34. The van der Waals surface area contributed by atoms with Crippen LogP contribution in [0.4, 0.5) is 18.2 Å². The number of aryl methyl sites for hydroxylation is 1. The van der Waals surface area contributed by atoms with Crippen LogP contribution in [0.5, 0.6) is 0 Å². The summed E-state index contributed by atoms with van der Waals surface area (Å²) in [6.45, 7) is 1.67. The molecule has 9 heteroatoms. The van der Waals surface area contributed by atoms with E-state index < -0.39 is 23.4 Å². The summed E-state index contributed by atoms with van der Waals surface area (Å²) < 4.78 is 38.3. The highest BCUT2D eigenvalue weighted by atomic mass is 32.1. The van der Waals surface area contributed by atoms with E-state index in [0.717, 1.165) is 35.8 Å². The minimum absolute atomic E-state index is 0.118. The number of thiophene rings is 1. The van der Waals surface area contributed by atoms with Gasteiger partial charge in [0.2, 0.25) is 0 Å². The van der Waals surface area contributed by atoms with Gasteiger partial charge in [-0.05, 0) is 37.8 Å². The van der Waals surface area contributed by atoms with Gasteiger partial charge in [-0.25, -0.2) is 4.79 Å². The van der Waals surface area contributed by atoms with E-state index in [0.29, 0.717) is 6.42 Å². The lowest BCUT2D eigenvalue weighted by Gasteiger charge is -2.29. The van der Waals surface area contributed by atoms with Crippen LogP contribution in [0, 0.1) is 17.2 Å². The molecule has 0 N–H and O–H groups in total. The van der Waals surface area contributed by atoms with E-state index in [2.05, 4.69) is 21.0 Å². The van der Waals surface area contributed by atoms with Crippen molar-refractivity contribution in [2.75, 3.05) is 18.0 Å². The number of anilines is 1. The summed E-state index contributed by atoms with van der Waals surface area (Å²) in [6, 6.07) is 6.23. The van der Waals surface area contributed by atoms with Gasteiger partial charge in [0.25, 0.3) is 0 Å². The number of carbonyl (C=O) groups excluding carboxylic acids is 1. The lowest BCUT2D eigenvalue weighted by molar-refractivity contribution is -0.136. The molecule has 0 atom stereocenters. The highest BCUT2D eigenvalue weighted by molar-refractivity contribution is 7.16. The number of carbonyl (C=O) groups is 1. The standard InChI is InChI=1S/C17H16F3N3O2S/c18-17(19,20)15-13(16(24)25-22-15)3-1-2-12-4-5-14(26-12)23-8-6-11(10-21)7-9-23/h3-5,11H,1-2,6-9H2/b13-3-. The highest BCUT2D eigenvalue weighted by Gasteiger charge is 2.45. The number of halogens is 3. The van der Waals surface area contributed by atoms with Crippen LogP contribution in [0.2, 0.25) is 0 Å². The van der Waals surface area contributed by atoms with Gasteiger partial charge in [0, 0.05) is 23.9 Å². The Morgan fingerprint density at radius 3 is 2.77 bits per heavy atom. The number of nitrogens with zero attached hydrogens (tertiary/aromatic N) is 3. The van der Waals surface area contributed by atoms with Crippen molar-refractivity contribution < 1.29 is 22.8 Å². The second-order valence-corrected chi connectivity index (χ2v) is 7.25. The van der Waals surface area contributed by atoms with E-state index in [1.54, 1.807) is 11.3 Å². The fourth-order valence-electron chi connectivity index (χ4n) is 2.93. The molecule has 1 saturated heterocycles. The molecule has 3 heterocycles. The van der Waals surface area contributed by atoms with E-state index in [-0.39, 0.29) is 12.3 Å². The van der Waals surface area contributed by atoms with Crippen LogP contribution in [0.25, 0.3) is 0 Å².